The zero-order chi connectivity index (χ0) is 11.5. The average Bonchev–Trinajstić information content (AvgIpc) is 2.94. The molecule has 0 radical (unpaired) electrons. The highest BCUT2D eigenvalue weighted by atomic mass is 16.5. The second kappa shape index (κ2) is 4.87. The summed E-state index contributed by atoms with van der Waals surface area (Å²) < 4.78 is 5.36. The topological polar surface area (TPSA) is 41.5 Å². The summed E-state index contributed by atoms with van der Waals surface area (Å²) in [6.45, 7) is 5.62. The van der Waals surface area contributed by atoms with E-state index in [2.05, 4.69) is 19.8 Å². The van der Waals surface area contributed by atoms with Gasteiger partial charge in [-0.15, -0.1) is 0 Å². The number of hydrogen-bond acceptors (Lipinski definition) is 5. The quantitative estimate of drug-likeness (QED) is 0.761. The molecule has 0 saturated carbocycles. The van der Waals surface area contributed by atoms with Crippen LogP contribution in [0.4, 0.5) is 11.8 Å². The van der Waals surface area contributed by atoms with Gasteiger partial charge in [0.1, 0.15) is 5.82 Å². The third-order valence-electron chi connectivity index (χ3n) is 3.35. The maximum absolute atomic E-state index is 5.36. The van der Waals surface area contributed by atoms with Gasteiger partial charge in [-0.05, 0) is 18.9 Å². The molecule has 0 unspecified atom stereocenters. The van der Waals surface area contributed by atoms with Crippen LogP contribution in [0, 0.1) is 0 Å². The fourth-order valence-electron chi connectivity index (χ4n) is 2.38. The third kappa shape index (κ3) is 2.34. The number of nitrogens with zero attached hydrogens (tertiary/aromatic N) is 4. The molecule has 2 saturated heterocycles. The molecule has 2 aliphatic rings. The van der Waals surface area contributed by atoms with Gasteiger partial charge in [-0.1, -0.05) is 0 Å². The summed E-state index contributed by atoms with van der Waals surface area (Å²) in [6.07, 6.45) is 4.38. The van der Waals surface area contributed by atoms with E-state index in [9.17, 15) is 0 Å². The Kier molecular flexibility index (Phi) is 3.09. The molecule has 92 valence electrons. The van der Waals surface area contributed by atoms with Crippen LogP contribution in [0.3, 0.4) is 0 Å². The Morgan fingerprint density at radius 3 is 2.53 bits per heavy atom. The molecule has 3 rings (SSSR count). The lowest BCUT2D eigenvalue weighted by atomic mass is 10.4. The van der Waals surface area contributed by atoms with Crippen LogP contribution >= 0.6 is 0 Å². The van der Waals surface area contributed by atoms with Gasteiger partial charge >= 0.3 is 0 Å². The van der Waals surface area contributed by atoms with Crippen LogP contribution in [0.2, 0.25) is 0 Å². The molecular formula is C12H18N4O. The Labute approximate surface area is 101 Å². The van der Waals surface area contributed by atoms with Crippen LogP contribution < -0.4 is 9.80 Å². The molecular weight excluding hydrogens is 216 g/mol. The van der Waals surface area contributed by atoms with Crippen LogP contribution in [0.15, 0.2) is 12.3 Å². The van der Waals surface area contributed by atoms with E-state index in [1.54, 1.807) is 0 Å². The van der Waals surface area contributed by atoms with Gasteiger partial charge in [-0.3, -0.25) is 0 Å². The lowest BCUT2D eigenvalue weighted by Gasteiger charge is -2.28. The van der Waals surface area contributed by atoms with Crippen molar-refractivity contribution in [2.75, 3.05) is 49.2 Å². The first-order valence-corrected chi connectivity index (χ1v) is 6.34. The molecule has 0 bridgehead atoms. The predicted molar refractivity (Wildman–Crippen MR) is 66.5 cm³/mol. The molecule has 2 aliphatic heterocycles. The molecule has 5 heteroatoms. The first-order chi connectivity index (χ1) is 8.43. The second-order valence-corrected chi connectivity index (χ2v) is 4.51. The van der Waals surface area contributed by atoms with Gasteiger partial charge in [0, 0.05) is 32.4 Å². The fourth-order valence-corrected chi connectivity index (χ4v) is 2.38. The van der Waals surface area contributed by atoms with E-state index in [1.165, 1.54) is 12.8 Å². The minimum Gasteiger partial charge on any atom is -0.378 e. The van der Waals surface area contributed by atoms with Crippen molar-refractivity contribution in [1.29, 1.82) is 0 Å². The molecule has 1 aromatic rings. The van der Waals surface area contributed by atoms with Crippen molar-refractivity contribution in [2.24, 2.45) is 0 Å². The van der Waals surface area contributed by atoms with Gasteiger partial charge in [0.05, 0.1) is 13.2 Å². The van der Waals surface area contributed by atoms with Gasteiger partial charge < -0.3 is 14.5 Å². The first kappa shape index (κ1) is 10.8. The second-order valence-electron chi connectivity index (χ2n) is 4.51. The molecule has 0 aliphatic carbocycles. The minimum absolute atomic E-state index is 0.795. The van der Waals surface area contributed by atoms with Crippen LogP contribution in [0.5, 0.6) is 0 Å². The van der Waals surface area contributed by atoms with E-state index >= 15 is 0 Å². The van der Waals surface area contributed by atoms with Crippen molar-refractivity contribution in [3.8, 4) is 0 Å². The Bertz CT molecular complexity index is 373. The van der Waals surface area contributed by atoms with Crippen molar-refractivity contribution in [2.45, 2.75) is 12.8 Å². The summed E-state index contributed by atoms with van der Waals surface area (Å²) in [5.74, 6) is 1.91. The van der Waals surface area contributed by atoms with Gasteiger partial charge in [-0.2, -0.15) is 4.98 Å². The lowest BCUT2D eigenvalue weighted by Crippen LogP contribution is -2.37. The highest BCUT2D eigenvalue weighted by Crippen LogP contribution is 2.19. The summed E-state index contributed by atoms with van der Waals surface area (Å²) in [4.78, 5) is 13.6. The number of morpholine rings is 1. The van der Waals surface area contributed by atoms with E-state index in [0.717, 1.165) is 51.2 Å². The predicted octanol–water partition coefficient (Wildman–Crippen LogP) is 0.913. The monoisotopic (exact) mass is 234 g/mol. The van der Waals surface area contributed by atoms with Crippen molar-refractivity contribution >= 4 is 11.8 Å². The Morgan fingerprint density at radius 2 is 1.76 bits per heavy atom. The highest BCUT2D eigenvalue weighted by molar-refractivity contribution is 5.44. The Morgan fingerprint density at radius 1 is 1.00 bits per heavy atom. The molecule has 0 N–H and O–H groups in total. The smallest absolute Gasteiger partial charge is 0.227 e. The third-order valence-corrected chi connectivity index (χ3v) is 3.35. The van der Waals surface area contributed by atoms with E-state index in [0.29, 0.717) is 0 Å². The first-order valence-electron chi connectivity index (χ1n) is 6.34. The minimum atomic E-state index is 0.795. The molecule has 17 heavy (non-hydrogen) atoms. The van der Waals surface area contributed by atoms with Crippen LogP contribution in [0.25, 0.3) is 0 Å². The summed E-state index contributed by atoms with van der Waals surface area (Å²) in [5, 5.41) is 0. The molecule has 2 fully saturated rings. The fraction of sp³-hybridized carbons (Fsp3) is 0.667. The molecule has 1 aromatic heterocycles. The molecule has 0 aromatic carbocycles. The maximum Gasteiger partial charge on any atom is 0.227 e. The maximum atomic E-state index is 5.36. The SMILES string of the molecule is c1cc(N2CCOCC2)nc(N2CCCC2)n1. The standard InChI is InChI=1S/C12H18N4O/c1-2-6-16(5-1)12-13-4-3-11(14-12)15-7-9-17-10-8-15/h3-4H,1-2,5-10H2. The van der Waals surface area contributed by atoms with E-state index in [1.807, 2.05) is 12.3 Å². The molecule has 5 nitrogen and oxygen atoms in total. The summed E-state index contributed by atoms with van der Waals surface area (Å²) in [5.41, 5.74) is 0. The number of aromatic nitrogens is 2. The van der Waals surface area contributed by atoms with Crippen LogP contribution in [-0.2, 0) is 4.74 Å². The van der Waals surface area contributed by atoms with Crippen LogP contribution in [0.1, 0.15) is 12.8 Å². The van der Waals surface area contributed by atoms with Crippen molar-refractivity contribution in [3.05, 3.63) is 12.3 Å². The zero-order valence-electron chi connectivity index (χ0n) is 10.0. The summed E-state index contributed by atoms with van der Waals surface area (Å²) >= 11 is 0. The van der Waals surface area contributed by atoms with Crippen molar-refractivity contribution in [3.63, 3.8) is 0 Å². The Hall–Kier alpha value is -1.36. The summed E-state index contributed by atoms with van der Waals surface area (Å²) in [7, 11) is 0. The van der Waals surface area contributed by atoms with Crippen molar-refractivity contribution in [1.82, 2.24) is 9.97 Å². The number of anilines is 2. The average molecular weight is 234 g/mol. The highest BCUT2D eigenvalue weighted by Gasteiger charge is 2.17. The van der Waals surface area contributed by atoms with E-state index in [4.69, 9.17) is 4.74 Å². The van der Waals surface area contributed by atoms with Gasteiger partial charge in [0.25, 0.3) is 0 Å². The van der Waals surface area contributed by atoms with Gasteiger partial charge in [-0.25, -0.2) is 4.98 Å². The molecule has 0 spiro atoms. The number of hydrogen-bond donors (Lipinski definition) is 0. The Balaban J connectivity index is 1.77. The summed E-state index contributed by atoms with van der Waals surface area (Å²) in [6, 6.07) is 1.99. The normalized spacial score (nSPS) is 20.9. The number of rotatable bonds is 2. The largest absolute Gasteiger partial charge is 0.378 e. The molecule has 0 atom stereocenters. The zero-order valence-corrected chi connectivity index (χ0v) is 10.0. The van der Waals surface area contributed by atoms with Gasteiger partial charge in [0.2, 0.25) is 5.95 Å². The molecule has 3 heterocycles. The van der Waals surface area contributed by atoms with Gasteiger partial charge in [0.15, 0.2) is 0 Å². The van der Waals surface area contributed by atoms with E-state index < -0.39 is 0 Å². The van der Waals surface area contributed by atoms with Crippen molar-refractivity contribution < 1.29 is 4.74 Å². The number of ether oxygens (including phenoxy) is 1. The lowest BCUT2D eigenvalue weighted by molar-refractivity contribution is 0.122. The van der Waals surface area contributed by atoms with E-state index in [-0.39, 0.29) is 0 Å². The van der Waals surface area contributed by atoms with Crippen LogP contribution in [-0.4, -0.2) is 49.4 Å². The molecule has 0 amide bonds.